The molecule has 0 aliphatic rings. The molecule has 3 atom stereocenters. The molecule has 56 heavy (non-hydrogen) atoms. The zero-order valence-corrected chi connectivity index (χ0v) is 34.8. The SMILES string of the molecule is BrCc1ccccc1.CC(N)c1ccccc1.CC(NCc1ccccc1)c1ccccc1.CC(c1ccccc1)N(Cc1ccccc1)Cc1ccccc1. The highest BCUT2D eigenvalue weighted by Crippen LogP contribution is 2.24. The number of benzene rings is 7. The number of rotatable bonds is 12. The van der Waals surface area contributed by atoms with Crippen molar-refractivity contribution in [1.29, 1.82) is 0 Å². The van der Waals surface area contributed by atoms with Crippen LogP contribution in [0.5, 0.6) is 0 Å². The summed E-state index contributed by atoms with van der Waals surface area (Å²) in [6.07, 6.45) is 0. The van der Waals surface area contributed by atoms with Crippen molar-refractivity contribution in [3.05, 3.63) is 251 Å². The van der Waals surface area contributed by atoms with Gasteiger partial charge in [0.1, 0.15) is 0 Å². The summed E-state index contributed by atoms with van der Waals surface area (Å²) < 4.78 is 0. The average Bonchev–Trinajstić information content (AvgIpc) is 3.28. The Morgan fingerprint density at radius 1 is 0.429 bits per heavy atom. The predicted molar refractivity (Wildman–Crippen MR) is 243 cm³/mol. The Bertz CT molecular complexity index is 1920. The van der Waals surface area contributed by atoms with Gasteiger partial charge in [-0.2, -0.15) is 0 Å². The Kier molecular flexibility index (Phi) is 20.2. The number of hydrogen-bond acceptors (Lipinski definition) is 3. The largest absolute Gasteiger partial charge is 0.324 e. The van der Waals surface area contributed by atoms with Gasteiger partial charge in [0, 0.05) is 43.1 Å². The molecule has 0 saturated heterocycles. The van der Waals surface area contributed by atoms with Crippen LogP contribution in [0.1, 0.15) is 77.8 Å². The van der Waals surface area contributed by atoms with Crippen LogP contribution in [0.15, 0.2) is 212 Å². The number of nitrogens with zero attached hydrogens (tertiary/aromatic N) is 1. The standard InChI is InChI=1S/C22H23N.C15H17N.C8H11N.C7H7Br/c1-19(22-15-9-4-10-16-22)23(17-20-11-5-2-6-12-20)18-21-13-7-3-8-14-21;1-13(15-10-6-3-7-11-15)16-12-14-8-4-2-5-9-14;1-7(9)8-5-3-2-4-6-8;8-6-7-4-2-1-3-5-7/h2-16,19H,17-18H2,1H3;2-11,13,16H,12H2,1H3;2-7H,9H2,1H3;1-5H,6H2. The molecule has 7 rings (SSSR count). The van der Waals surface area contributed by atoms with Gasteiger partial charge in [-0.3, -0.25) is 4.90 Å². The van der Waals surface area contributed by atoms with Crippen LogP contribution >= 0.6 is 15.9 Å². The number of hydrogen-bond donors (Lipinski definition) is 2. The molecule has 0 saturated carbocycles. The van der Waals surface area contributed by atoms with Gasteiger partial charge >= 0.3 is 0 Å². The van der Waals surface area contributed by atoms with Crippen LogP contribution in [-0.4, -0.2) is 4.90 Å². The highest BCUT2D eigenvalue weighted by atomic mass is 79.9. The minimum Gasteiger partial charge on any atom is -0.324 e. The number of nitrogens with one attached hydrogen (secondary N) is 1. The van der Waals surface area contributed by atoms with Crippen molar-refractivity contribution in [1.82, 2.24) is 10.2 Å². The quantitative estimate of drug-likeness (QED) is 0.121. The van der Waals surface area contributed by atoms with E-state index in [1.54, 1.807) is 0 Å². The molecule has 288 valence electrons. The van der Waals surface area contributed by atoms with E-state index < -0.39 is 0 Å². The van der Waals surface area contributed by atoms with E-state index in [4.69, 9.17) is 5.73 Å². The normalized spacial score (nSPS) is 12.0. The predicted octanol–water partition coefficient (Wildman–Crippen LogP) is 13.3. The fourth-order valence-corrected chi connectivity index (χ4v) is 6.33. The van der Waals surface area contributed by atoms with Crippen molar-refractivity contribution >= 4 is 15.9 Å². The topological polar surface area (TPSA) is 41.3 Å². The molecule has 0 heterocycles. The van der Waals surface area contributed by atoms with Crippen LogP contribution in [-0.2, 0) is 25.0 Å². The monoisotopic (exact) mass is 803 g/mol. The molecule has 0 amide bonds. The van der Waals surface area contributed by atoms with E-state index in [2.05, 4.69) is 192 Å². The molecule has 7 aromatic rings. The average molecular weight is 805 g/mol. The Labute approximate surface area is 345 Å². The highest BCUT2D eigenvalue weighted by Gasteiger charge is 2.16. The summed E-state index contributed by atoms with van der Waals surface area (Å²) in [6, 6.07) is 74.4. The molecule has 0 aliphatic heterocycles. The van der Waals surface area contributed by atoms with Gasteiger partial charge in [0.15, 0.2) is 0 Å². The van der Waals surface area contributed by atoms with Crippen molar-refractivity contribution in [2.75, 3.05) is 0 Å². The second kappa shape index (κ2) is 25.9. The third kappa shape index (κ3) is 16.7. The first-order valence-corrected chi connectivity index (χ1v) is 20.6. The Morgan fingerprint density at radius 3 is 1.09 bits per heavy atom. The molecule has 3 N–H and O–H groups in total. The lowest BCUT2D eigenvalue weighted by Gasteiger charge is -2.30. The van der Waals surface area contributed by atoms with Crippen molar-refractivity contribution in [3.63, 3.8) is 0 Å². The first-order chi connectivity index (χ1) is 27.4. The van der Waals surface area contributed by atoms with Crippen LogP contribution in [0.3, 0.4) is 0 Å². The van der Waals surface area contributed by atoms with Crippen LogP contribution in [0.4, 0.5) is 0 Å². The van der Waals surface area contributed by atoms with Crippen molar-refractivity contribution in [2.24, 2.45) is 5.73 Å². The lowest BCUT2D eigenvalue weighted by molar-refractivity contribution is 0.192. The first-order valence-electron chi connectivity index (χ1n) is 19.5. The van der Waals surface area contributed by atoms with Crippen LogP contribution in [0.25, 0.3) is 0 Å². The van der Waals surface area contributed by atoms with Gasteiger partial charge in [-0.25, -0.2) is 0 Å². The van der Waals surface area contributed by atoms with E-state index in [-0.39, 0.29) is 6.04 Å². The van der Waals surface area contributed by atoms with E-state index >= 15 is 0 Å². The van der Waals surface area contributed by atoms with E-state index in [1.807, 2.05) is 67.6 Å². The summed E-state index contributed by atoms with van der Waals surface area (Å²) >= 11 is 3.36. The zero-order valence-electron chi connectivity index (χ0n) is 33.2. The number of nitrogens with two attached hydrogens (primary N) is 1. The lowest BCUT2D eigenvalue weighted by atomic mass is 10.0. The summed E-state index contributed by atoms with van der Waals surface area (Å²) in [7, 11) is 0. The van der Waals surface area contributed by atoms with Gasteiger partial charge in [0.25, 0.3) is 0 Å². The van der Waals surface area contributed by atoms with Crippen molar-refractivity contribution < 1.29 is 0 Å². The molecule has 0 bridgehead atoms. The Morgan fingerprint density at radius 2 is 0.750 bits per heavy atom. The first kappa shape index (κ1) is 43.6. The summed E-state index contributed by atoms with van der Waals surface area (Å²) in [5, 5.41) is 4.47. The molecule has 0 radical (unpaired) electrons. The van der Waals surface area contributed by atoms with Gasteiger partial charge in [-0.15, -0.1) is 0 Å². The minimum absolute atomic E-state index is 0.159. The third-order valence-electron chi connectivity index (χ3n) is 9.36. The van der Waals surface area contributed by atoms with Crippen molar-refractivity contribution in [2.45, 2.75) is 63.9 Å². The molecule has 0 spiro atoms. The van der Waals surface area contributed by atoms with E-state index in [0.29, 0.717) is 12.1 Å². The lowest BCUT2D eigenvalue weighted by Crippen LogP contribution is -2.26. The van der Waals surface area contributed by atoms with Gasteiger partial charge in [-0.1, -0.05) is 228 Å². The summed E-state index contributed by atoms with van der Waals surface area (Å²) in [5.74, 6) is 0. The molecule has 4 heteroatoms. The third-order valence-corrected chi connectivity index (χ3v) is 10.0. The maximum Gasteiger partial charge on any atom is 0.0326 e. The van der Waals surface area contributed by atoms with Gasteiger partial charge in [0.05, 0.1) is 0 Å². The second-order valence-electron chi connectivity index (χ2n) is 13.8. The molecule has 3 nitrogen and oxygen atoms in total. The molecular formula is C52H58BrN3. The van der Waals surface area contributed by atoms with Crippen LogP contribution < -0.4 is 11.1 Å². The molecular weight excluding hydrogens is 746 g/mol. The maximum absolute atomic E-state index is 5.61. The fraction of sp³-hybridized carbons (Fsp3) is 0.192. The number of alkyl halides is 1. The van der Waals surface area contributed by atoms with Crippen molar-refractivity contribution in [3.8, 4) is 0 Å². The summed E-state index contributed by atoms with van der Waals surface area (Å²) in [6.45, 7) is 9.28. The fourth-order valence-electron chi connectivity index (χ4n) is 5.96. The van der Waals surface area contributed by atoms with Crippen LogP contribution in [0.2, 0.25) is 0 Å². The Balaban J connectivity index is 0.000000182. The summed E-state index contributed by atoms with van der Waals surface area (Å²) in [5.41, 5.74) is 14.9. The molecule has 0 aliphatic carbocycles. The van der Waals surface area contributed by atoms with Gasteiger partial charge in [-0.05, 0) is 59.7 Å². The van der Waals surface area contributed by atoms with E-state index in [1.165, 1.54) is 38.9 Å². The van der Waals surface area contributed by atoms with E-state index in [0.717, 1.165) is 25.0 Å². The van der Waals surface area contributed by atoms with E-state index in [9.17, 15) is 0 Å². The Hall–Kier alpha value is -5.10. The van der Waals surface area contributed by atoms with Gasteiger partial charge in [0.2, 0.25) is 0 Å². The smallest absolute Gasteiger partial charge is 0.0326 e. The van der Waals surface area contributed by atoms with Crippen LogP contribution in [0, 0.1) is 0 Å². The van der Waals surface area contributed by atoms with Gasteiger partial charge < -0.3 is 11.1 Å². The second-order valence-corrected chi connectivity index (χ2v) is 14.3. The zero-order chi connectivity index (χ0) is 39.6. The number of halogens is 1. The maximum atomic E-state index is 5.61. The summed E-state index contributed by atoms with van der Waals surface area (Å²) in [4.78, 5) is 2.53. The minimum atomic E-state index is 0.159. The molecule has 7 aromatic carbocycles. The highest BCUT2D eigenvalue weighted by molar-refractivity contribution is 9.08. The molecule has 0 aromatic heterocycles. The molecule has 0 fully saturated rings. The molecule has 3 unspecified atom stereocenters.